The first kappa shape index (κ1) is 27.8. The van der Waals surface area contributed by atoms with E-state index in [2.05, 4.69) is 20.3 Å². The number of benzene rings is 1. The number of anilines is 1. The second kappa shape index (κ2) is 12.5. The Balaban J connectivity index is 1.83. The molecule has 2 aromatic heterocycles. The first-order valence-corrected chi connectivity index (χ1v) is 11.8. The monoisotopic (exact) mass is 528 g/mol. The molecule has 0 aliphatic carbocycles. The van der Waals surface area contributed by atoms with E-state index in [0.29, 0.717) is 11.1 Å². The molecule has 38 heavy (non-hydrogen) atoms. The fraction of sp³-hybridized carbons (Fsp3) is 0.375. The topological polar surface area (TPSA) is 213 Å². The quantitative estimate of drug-likeness (QED) is 0.151. The van der Waals surface area contributed by atoms with Crippen molar-refractivity contribution in [3.8, 4) is 5.88 Å². The number of hydrogen-bond donors (Lipinski definition) is 4. The Morgan fingerprint density at radius 1 is 1.16 bits per heavy atom. The number of rotatable bonds is 12. The summed E-state index contributed by atoms with van der Waals surface area (Å²) in [6.45, 7) is 3.06. The molecule has 202 valence electrons. The van der Waals surface area contributed by atoms with Crippen LogP contribution in [0.5, 0.6) is 5.88 Å². The van der Waals surface area contributed by atoms with Gasteiger partial charge in [-0.15, -0.1) is 0 Å². The smallest absolute Gasteiger partial charge is 0.328 e. The minimum absolute atomic E-state index is 0.0109. The van der Waals surface area contributed by atoms with Crippen LogP contribution in [0, 0.1) is 10.1 Å². The zero-order valence-electron chi connectivity index (χ0n) is 20.8. The summed E-state index contributed by atoms with van der Waals surface area (Å²) in [5, 5.41) is 24.5. The van der Waals surface area contributed by atoms with Gasteiger partial charge in [-0.1, -0.05) is 12.1 Å². The Hall–Kier alpha value is -4.75. The van der Waals surface area contributed by atoms with Gasteiger partial charge in [-0.05, 0) is 43.5 Å². The molecule has 3 rings (SSSR count). The van der Waals surface area contributed by atoms with Crippen LogP contribution in [0.2, 0.25) is 0 Å². The van der Waals surface area contributed by atoms with Crippen LogP contribution in [-0.4, -0.2) is 68.6 Å². The van der Waals surface area contributed by atoms with Gasteiger partial charge in [0.05, 0.1) is 24.5 Å². The molecular formula is C24H28N6O8. The third-order valence-corrected chi connectivity index (χ3v) is 5.66. The molecule has 0 spiro atoms. The number of amides is 1. The number of fused-ring (bicyclic) bond motifs is 1. The van der Waals surface area contributed by atoms with Crippen LogP contribution in [-0.2, 0) is 19.1 Å². The van der Waals surface area contributed by atoms with E-state index in [1.54, 1.807) is 13.8 Å². The van der Waals surface area contributed by atoms with Gasteiger partial charge in [0.25, 0.3) is 5.91 Å². The second-order valence-electron chi connectivity index (χ2n) is 8.18. The number of nitrogen functional groups attached to an aromatic ring is 1. The minimum atomic E-state index is -1.07. The van der Waals surface area contributed by atoms with E-state index in [-0.39, 0.29) is 48.6 Å². The number of nitrogens with two attached hydrogens (primary N) is 1. The van der Waals surface area contributed by atoms with Crippen molar-refractivity contribution in [1.82, 2.24) is 20.3 Å². The molecule has 0 fully saturated rings. The van der Waals surface area contributed by atoms with Crippen molar-refractivity contribution >= 4 is 34.8 Å². The number of nitro groups is 1. The summed E-state index contributed by atoms with van der Waals surface area (Å²) < 4.78 is 9.87. The standard InChI is InChI=1S/C24H28N6O8/c1-3-37-18(31)10-9-17(23(34)38-4-2)27-21(32)14-7-5-13(6-8-14)16(12-30(35)36)15-11-26-20-19(15)22(33)29-24(25)28-20/h5-8,11,16-17H,3-4,9-10,12H2,1-2H3,(H,27,32)(H4,25,26,28,29,33)/t16?,17-/m0/s1. The van der Waals surface area contributed by atoms with E-state index in [0.717, 1.165) is 0 Å². The first-order chi connectivity index (χ1) is 18.1. The minimum Gasteiger partial charge on any atom is -0.493 e. The third-order valence-electron chi connectivity index (χ3n) is 5.66. The molecule has 14 nitrogen and oxygen atoms in total. The van der Waals surface area contributed by atoms with Crippen LogP contribution in [0.15, 0.2) is 30.5 Å². The van der Waals surface area contributed by atoms with Gasteiger partial charge in [0, 0.05) is 23.1 Å². The lowest BCUT2D eigenvalue weighted by Crippen LogP contribution is -2.42. The molecule has 2 heterocycles. The summed E-state index contributed by atoms with van der Waals surface area (Å²) in [6.07, 6.45) is 1.38. The van der Waals surface area contributed by atoms with Crippen molar-refractivity contribution < 1.29 is 33.9 Å². The predicted molar refractivity (Wildman–Crippen MR) is 134 cm³/mol. The largest absolute Gasteiger partial charge is 0.493 e. The van der Waals surface area contributed by atoms with Gasteiger partial charge in [-0.3, -0.25) is 19.7 Å². The van der Waals surface area contributed by atoms with Crippen LogP contribution in [0.1, 0.15) is 54.1 Å². The average Bonchev–Trinajstić information content (AvgIpc) is 3.29. The summed E-state index contributed by atoms with van der Waals surface area (Å²) in [6, 6.07) is 4.91. The summed E-state index contributed by atoms with van der Waals surface area (Å²) in [5.41, 5.74) is 6.83. The number of esters is 2. The number of carbonyl (C=O) groups excluding carboxylic acids is 3. The fourth-order valence-corrected chi connectivity index (χ4v) is 3.96. The first-order valence-electron chi connectivity index (χ1n) is 11.8. The van der Waals surface area contributed by atoms with Crippen molar-refractivity contribution in [2.75, 3.05) is 25.5 Å². The fourth-order valence-electron chi connectivity index (χ4n) is 3.96. The molecule has 0 radical (unpaired) electrons. The molecule has 2 atom stereocenters. The van der Waals surface area contributed by atoms with Crippen molar-refractivity contribution in [1.29, 1.82) is 0 Å². The number of aromatic amines is 1. The number of aromatic nitrogens is 3. The Bertz CT molecular complexity index is 1320. The highest BCUT2D eigenvalue weighted by Crippen LogP contribution is 2.34. The number of carbonyl (C=O) groups is 3. The van der Waals surface area contributed by atoms with Gasteiger partial charge in [-0.25, -0.2) is 4.79 Å². The summed E-state index contributed by atoms with van der Waals surface area (Å²) in [5.74, 6) is -3.18. The summed E-state index contributed by atoms with van der Waals surface area (Å²) in [4.78, 5) is 58.4. The molecule has 0 aliphatic heterocycles. The Kier molecular flexibility index (Phi) is 9.13. The Labute approximate surface area is 216 Å². The summed E-state index contributed by atoms with van der Waals surface area (Å²) >= 11 is 0. The van der Waals surface area contributed by atoms with Crippen molar-refractivity contribution in [3.05, 3.63) is 57.3 Å². The number of ether oxygens (including phenoxy) is 2. The highest BCUT2D eigenvalue weighted by molar-refractivity contribution is 5.97. The van der Waals surface area contributed by atoms with Gasteiger partial charge in [0.15, 0.2) is 0 Å². The van der Waals surface area contributed by atoms with E-state index >= 15 is 0 Å². The van der Waals surface area contributed by atoms with Crippen LogP contribution in [0.4, 0.5) is 5.95 Å². The Morgan fingerprint density at radius 3 is 2.47 bits per heavy atom. The molecule has 1 unspecified atom stereocenters. The van der Waals surface area contributed by atoms with Crippen LogP contribution >= 0.6 is 0 Å². The number of H-pyrrole nitrogens is 1. The van der Waals surface area contributed by atoms with Gasteiger partial charge in [-0.2, -0.15) is 9.97 Å². The molecule has 5 N–H and O–H groups in total. The molecular weight excluding hydrogens is 500 g/mol. The van der Waals surface area contributed by atoms with Gasteiger partial charge in [0.1, 0.15) is 11.7 Å². The highest BCUT2D eigenvalue weighted by Gasteiger charge is 2.27. The van der Waals surface area contributed by atoms with E-state index in [1.165, 1.54) is 30.5 Å². The van der Waals surface area contributed by atoms with Gasteiger partial charge < -0.3 is 30.6 Å². The molecule has 0 saturated carbocycles. The molecule has 0 bridgehead atoms. The summed E-state index contributed by atoms with van der Waals surface area (Å²) in [7, 11) is 0. The van der Waals surface area contributed by atoms with Crippen LogP contribution in [0.3, 0.4) is 0 Å². The number of aromatic hydroxyl groups is 1. The number of nitrogens with zero attached hydrogens (tertiary/aromatic N) is 3. The van der Waals surface area contributed by atoms with Gasteiger partial charge >= 0.3 is 11.9 Å². The molecule has 14 heteroatoms. The molecule has 0 aliphatic rings. The molecule has 0 saturated heterocycles. The zero-order valence-corrected chi connectivity index (χ0v) is 20.8. The van der Waals surface area contributed by atoms with Crippen molar-refractivity contribution in [2.24, 2.45) is 0 Å². The second-order valence-corrected chi connectivity index (χ2v) is 8.18. The Morgan fingerprint density at radius 2 is 1.84 bits per heavy atom. The van der Waals surface area contributed by atoms with E-state index in [1.807, 2.05) is 0 Å². The van der Waals surface area contributed by atoms with E-state index in [4.69, 9.17) is 15.2 Å². The van der Waals surface area contributed by atoms with Gasteiger partial charge in [0.2, 0.25) is 18.4 Å². The van der Waals surface area contributed by atoms with Crippen LogP contribution < -0.4 is 11.1 Å². The van der Waals surface area contributed by atoms with E-state index < -0.39 is 47.2 Å². The average molecular weight is 529 g/mol. The maximum Gasteiger partial charge on any atom is 0.328 e. The SMILES string of the molecule is CCOC(=O)CC[C@H](NC(=O)c1ccc(C(C[N+](=O)[O-])c2c[nH]c3nc(N)nc(O)c23)cc1)C(=O)OCC. The molecule has 1 aromatic carbocycles. The lowest BCUT2D eigenvalue weighted by Gasteiger charge is -2.17. The van der Waals surface area contributed by atoms with E-state index in [9.17, 15) is 29.6 Å². The predicted octanol–water partition coefficient (Wildman–Crippen LogP) is 1.66. The van der Waals surface area contributed by atoms with Crippen molar-refractivity contribution in [2.45, 2.75) is 38.6 Å². The third kappa shape index (κ3) is 6.72. The highest BCUT2D eigenvalue weighted by atomic mass is 16.6. The maximum absolute atomic E-state index is 12.9. The van der Waals surface area contributed by atoms with Crippen molar-refractivity contribution in [3.63, 3.8) is 0 Å². The molecule has 1 amide bonds. The lowest BCUT2D eigenvalue weighted by molar-refractivity contribution is -0.481. The normalized spacial score (nSPS) is 12.5. The molecule has 3 aromatic rings. The lowest BCUT2D eigenvalue weighted by atomic mass is 9.91. The zero-order chi connectivity index (χ0) is 27.8. The number of nitrogens with one attached hydrogen (secondary N) is 2. The van der Waals surface area contributed by atoms with Crippen LogP contribution in [0.25, 0.3) is 11.0 Å². The number of hydrogen-bond acceptors (Lipinski definition) is 11. The maximum atomic E-state index is 12.9.